The Labute approximate surface area is 120 Å². The highest BCUT2D eigenvalue weighted by Crippen LogP contribution is 2.27. The lowest BCUT2D eigenvalue weighted by molar-refractivity contribution is 0.0931. The van der Waals surface area contributed by atoms with Gasteiger partial charge in [-0.2, -0.15) is 0 Å². The van der Waals surface area contributed by atoms with Crippen molar-refractivity contribution in [2.24, 2.45) is 0 Å². The summed E-state index contributed by atoms with van der Waals surface area (Å²) < 4.78 is 0. The van der Waals surface area contributed by atoms with Crippen molar-refractivity contribution in [2.75, 3.05) is 0 Å². The fourth-order valence-electron chi connectivity index (χ4n) is 2.69. The van der Waals surface area contributed by atoms with Crippen LogP contribution in [-0.2, 0) is 6.42 Å². The number of hydrogen-bond acceptors (Lipinski definition) is 3. The topological polar surface area (TPSA) is 94.8 Å². The first-order valence-corrected chi connectivity index (χ1v) is 6.86. The molecule has 0 saturated carbocycles. The molecule has 0 bridgehead atoms. The standard InChI is InChI=1S/C15H15N3O3/c19-13-7-6-9-11(17-13)4-1-5-12(9)18-15(21)10-3-2-8-16-14(10)20/h2-3,6-8,12H,1,4-5H2,(H,16,20)(H,17,19)(H,18,21)/t12-/m1/s1. The summed E-state index contributed by atoms with van der Waals surface area (Å²) in [6, 6.07) is 6.12. The molecule has 3 N–H and O–H groups in total. The van der Waals surface area contributed by atoms with Crippen molar-refractivity contribution in [3.63, 3.8) is 0 Å². The van der Waals surface area contributed by atoms with Gasteiger partial charge in [-0.15, -0.1) is 0 Å². The number of aromatic amines is 2. The van der Waals surface area contributed by atoms with E-state index in [2.05, 4.69) is 15.3 Å². The first kappa shape index (κ1) is 13.4. The molecule has 0 spiro atoms. The van der Waals surface area contributed by atoms with Crippen LogP contribution in [0.15, 0.2) is 40.1 Å². The summed E-state index contributed by atoms with van der Waals surface area (Å²) in [5, 5.41) is 2.87. The van der Waals surface area contributed by atoms with Gasteiger partial charge in [-0.3, -0.25) is 14.4 Å². The normalized spacial score (nSPS) is 17.0. The summed E-state index contributed by atoms with van der Waals surface area (Å²) >= 11 is 0. The van der Waals surface area contributed by atoms with Crippen LogP contribution in [0.2, 0.25) is 0 Å². The second kappa shape index (κ2) is 5.40. The lowest BCUT2D eigenvalue weighted by Crippen LogP contribution is -2.35. The molecule has 1 aliphatic carbocycles. The second-order valence-corrected chi connectivity index (χ2v) is 5.09. The van der Waals surface area contributed by atoms with Crippen LogP contribution in [0.4, 0.5) is 0 Å². The number of fused-ring (bicyclic) bond motifs is 1. The van der Waals surface area contributed by atoms with Gasteiger partial charge in [0, 0.05) is 18.0 Å². The minimum atomic E-state index is -0.410. The van der Waals surface area contributed by atoms with Crippen LogP contribution in [0.25, 0.3) is 0 Å². The van der Waals surface area contributed by atoms with Crippen molar-refractivity contribution in [1.82, 2.24) is 15.3 Å². The minimum Gasteiger partial charge on any atom is -0.345 e. The van der Waals surface area contributed by atoms with Crippen molar-refractivity contribution >= 4 is 5.91 Å². The number of pyridine rings is 2. The summed E-state index contributed by atoms with van der Waals surface area (Å²) in [7, 11) is 0. The first-order chi connectivity index (χ1) is 10.1. The lowest BCUT2D eigenvalue weighted by atomic mass is 9.91. The SMILES string of the molecule is O=C(N[C@@H]1CCCc2[nH]c(=O)ccc21)c1ccc[nH]c1=O. The highest BCUT2D eigenvalue weighted by atomic mass is 16.2. The largest absolute Gasteiger partial charge is 0.345 e. The van der Waals surface area contributed by atoms with Gasteiger partial charge in [0.25, 0.3) is 11.5 Å². The molecule has 0 aromatic carbocycles. The van der Waals surface area contributed by atoms with E-state index in [1.807, 2.05) is 0 Å². The fourth-order valence-corrected chi connectivity index (χ4v) is 2.69. The van der Waals surface area contributed by atoms with Gasteiger partial charge < -0.3 is 15.3 Å². The van der Waals surface area contributed by atoms with Crippen molar-refractivity contribution in [2.45, 2.75) is 25.3 Å². The molecule has 2 aromatic heterocycles. The molecule has 1 aliphatic rings. The highest BCUT2D eigenvalue weighted by molar-refractivity contribution is 5.94. The molecular formula is C15H15N3O3. The number of rotatable bonds is 2. The summed E-state index contributed by atoms with van der Waals surface area (Å²) in [4.78, 5) is 40.5. The number of H-pyrrole nitrogens is 2. The number of hydrogen-bond donors (Lipinski definition) is 3. The van der Waals surface area contributed by atoms with Crippen molar-refractivity contribution in [3.8, 4) is 0 Å². The molecule has 0 unspecified atom stereocenters. The first-order valence-electron chi connectivity index (χ1n) is 6.86. The average molecular weight is 285 g/mol. The number of carbonyl (C=O) groups excluding carboxylic acids is 1. The van der Waals surface area contributed by atoms with E-state index in [1.54, 1.807) is 12.1 Å². The molecule has 1 atom stereocenters. The van der Waals surface area contributed by atoms with Crippen LogP contribution in [0.3, 0.4) is 0 Å². The van der Waals surface area contributed by atoms with E-state index in [0.717, 1.165) is 30.5 Å². The molecular weight excluding hydrogens is 270 g/mol. The van der Waals surface area contributed by atoms with Gasteiger partial charge in [0.05, 0.1) is 6.04 Å². The van der Waals surface area contributed by atoms with E-state index < -0.39 is 11.5 Å². The van der Waals surface area contributed by atoms with E-state index in [-0.39, 0.29) is 17.2 Å². The van der Waals surface area contributed by atoms with Crippen LogP contribution in [-0.4, -0.2) is 15.9 Å². The Hall–Kier alpha value is -2.63. The molecule has 0 radical (unpaired) electrons. The Bertz CT molecular complexity index is 791. The predicted octanol–water partition coefficient (Wildman–Crippen LogP) is 0.871. The maximum atomic E-state index is 12.2. The zero-order valence-electron chi connectivity index (χ0n) is 11.3. The third-order valence-corrected chi connectivity index (χ3v) is 3.70. The minimum absolute atomic E-state index is 0.0917. The molecule has 1 amide bonds. The van der Waals surface area contributed by atoms with E-state index in [9.17, 15) is 14.4 Å². The van der Waals surface area contributed by atoms with Crippen molar-refractivity contribution in [3.05, 3.63) is 68.0 Å². The third kappa shape index (κ3) is 2.65. The monoisotopic (exact) mass is 285 g/mol. The fraction of sp³-hybridized carbons (Fsp3) is 0.267. The van der Waals surface area contributed by atoms with Crippen molar-refractivity contribution in [1.29, 1.82) is 0 Å². The zero-order chi connectivity index (χ0) is 14.8. The summed E-state index contributed by atoms with van der Waals surface area (Å²) in [5.74, 6) is -0.402. The number of nitrogens with one attached hydrogen (secondary N) is 3. The van der Waals surface area contributed by atoms with E-state index >= 15 is 0 Å². The van der Waals surface area contributed by atoms with E-state index in [4.69, 9.17) is 0 Å². The van der Waals surface area contributed by atoms with Crippen LogP contribution in [0.5, 0.6) is 0 Å². The zero-order valence-corrected chi connectivity index (χ0v) is 11.3. The number of aromatic nitrogens is 2. The Morgan fingerprint density at radius 2 is 2.10 bits per heavy atom. The van der Waals surface area contributed by atoms with Gasteiger partial charge in [-0.05, 0) is 43.0 Å². The summed E-state index contributed by atoms with van der Waals surface area (Å²) in [6.07, 6.45) is 3.95. The molecule has 0 aliphatic heterocycles. The van der Waals surface area contributed by atoms with Gasteiger partial charge in [0.2, 0.25) is 5.56 Å². The molecule has 6 heteroatoms. The number of amides is 1. The van der Waals surface area contributed by atoms with Crippen LogP contribution >= 0.6 is 0 Å². The molecule has 3 rings (SSSR count). The van der Waals surface area contributed by atoms with Crippen LogP contribution in [0.1, 0.15) is 40.5 Å². The molecule has 0 saturated heterocycles. The van der Waals surface area contributed by atoms with Gasteiger partial charge in [0.15, 0.2) is 0 Å². The smallest absolute Gasteiger partial charge is 0.260 e. The summed E-state index contributed by atoms with van der Waals surface area (Å²) in [6.45, 7) is 0. The molecule has 2 heterocycles. The maximum Gasteiger partial charge on any atom is 0.260 e. The molecule has 2 aromatic rings. The number of aryl methyl sites for hydroxylation is 1. The van der Waals surface area contributed by atoms with Gasteiger partial charge >= 0.3 is 0 Å². The molecule has 6 nitrogen and oxygen atoms in total. The number of carbonyl (C=O) groups is 1. The Balaban J connectivity index is 1.87. The van der Waals surface area contributed by atoms with Gasteiger partial charge in [-0.1, -0.05) is 0 Å². The average Bonchev–Trinajstić information content (AvgIpc) is 2.47. The van der Waals surface area contributed by atoms with E-state index in [1.165, 1.54) is 18.3 Å². The highest BCUT2D eigenvalue weighted by Gasteiger charge is 2.23. The second-order valence-electron chi connectivity index (χ2n) is 5.09. The predicted molar refractivity (Wildman–Crippen MR) is 77.3 cm³/mol. The Kier molecular flexibility index (Phi) is 3.43. The Morgan fingerprint density at radius 3 is 2.90 bits per heavy atom. The van der Waals surface area contributed by atoms with Crippen LogP contribution in [0, 0.1) is 0 Å². The summed E-state index contributed by atoms with van der Waals surface area (Å²) in [5.41, 5.74) is 1.32. The molecule has 0 fully saturated rings. The van der Waals surface area contributed by atoms with Crippen LogP contribution < -0.4 is 16.4 Å². The van der Waals surface area contributed by atoms with Crippen molar-refractivity contribution < 1.29 is 4.79 Å². The third-order valence-electron chi connectivity index (χ3n) is 3.70. The quantitative estimate of drug-likeness (QED) is 0.764. The Morgan fingerprint density at radius 1 is 1.24 bits per heavy atom. The molecule has 108 valence electrons. The maximum absolute atomic E-state index is 12.2. The van der Waals surface area contributed by atoms with Gasteiger partial charge in [0.1, 0.15) is 5.56 Å². The van der Waals surface area contributed by atoms with E-state index in [0.29, 0.717) is 0 Å². The van der Waals surface area contributed by atoms with Gasteiger partial charge in [-0.25, -0.2) is 0 Å². The molecule has 21 heavy (non-hydrogen) atoms. The lowest BCUT2D eigenvalue weighted by Gasteiger charge is -2.25.